The normalized spacial score (nSPS) is 24.6. The Bertz CT molecular complexity index is 159. The van der Waals surface area contributed by atoms with E-state index < -0.39 is 0 Å². The van der Waals surface area contributed by atoms with Crippen LogP contribution in [-0.4, -0.2) is 30.1 Å². The smallest absolute Gasteiger partial charge is 0.00956 e. The third-order valence-corrected chi connectivity index (χ3v) is 3.57. The molecule has 0 spiro atoms. The lowest BCUT2D eigenvalue weighted by molar-refractivity contribution is 0.231. The molecule has 0 aliphatic carbocycles. The summed E-state index contributed by atoms with van der Waals surface area (Å²) in [5.41, 5.74) is 6.06. The molecule has 1 heterocycles. The zero-order valence-corrected chi connectivity index (χ0v) is 10.5. The molecule has 0 aromatic heterocycles. The zero-order valence-electron chi connectivity index (χ0n) is 10.5. The SMILES string of the molecule is CCCC(N)CCN1CCCC1CCC. The Balaban J connectivity index is 2.19. The minimum absolute atomic E-state index is 0.429. The minimum atomic E-state index is 0.429. The lowest BCUT2D eigenvalue weighted by atomic mass is 10.1. The molecule has 1 saturated heterocycles. The molecule has 2 N–H and O–H groups in total. The Hall–Kier alpha value is -0.0800. The van der Waals surface area contributed by atoms with E-state index in [-0.39, 0.29) is 0 Å². The van der Waals surface area contributed by atoms with Gasteiger partial charge in [-0.15, -0.1) is 0 Å². The molecule has 0 saturated carbocycles. The van der Waals surface area contributed by atoms with Crippen molar-refractivity contribution in [2.24, 2.45) is 5.73 Å². The van der Waals surface area contributed by atoms with Crippen LogP contribution in [0.25, 0.3) is 0 Å². The van der Waals surface area contributed by atoms with Crippen molar-refractivity contribution in [3.8, 4) is 0 Å². The maximum Gasteiger partial charge on any atom is 0.00956 e. The fraction of sp³-hybridized carbons (Fsp3) is 1.00. The average Bonchev–Trinajstić information content (AvgIpc) is 2.64. The topological polar surface area (TPSA) is 29.3 Å². The first-order valence-electron chi connectivity index (χ1n) is 6.77. The molecule has 2 atom stereocenters. The van der Waals surface area contributed by atoms with Crippen LogP contribution < -0.4 is 5.73 Å². The van der Waals surface area contributed by atoms with E-state index in [9.17, 15) is 0 Å². The molecule has 90 valence electrons. The molecule has 1 aliphatic heterocycles. The summed E-state index contributed by atoms with van der Waals surface area (Å²) in [5, 5.41) is 0. The molecule has 0 aromatic carbocycles. The van der Waals surface area contributed by atoms with E-state index in [0.29, 0.717) is 6.04 Å². The first-order valence-corrected chi connectivity index (χ1v) is 6.77. The van der Waals surface area contributed by atoms with Crippen LogP contribution in [0.5, 0.6) is 0 Å². The maximum atomic E-state index is 6.06. The molecule has 2 unspecified atom stereocenters. The summed E-state index contributed by atoms with van der Waals surface area (Å²) in [5.74, 6) is 0. The highest BCUT2D eigenvalue weighted by atomic mass is 15.2. The van der Waals surface area contributed by atoms with Gasteiger partial charge in [0.05, 0.1) is 0 Å². The Morgan fingerprint density at radius 2 is 2.07 bits per heavy atom. The number of rotatable bonds is 7. The van der Waals surface area contributed by atoms with Crippen molar-refractivity contribution in [2.75, 3.05) is 13.1 Å². The van der Waals surface area contributed by atoms with Gasteiger partial charge in [-0.05, 0) is 45.2 Å². The predicted molar refractivity (Wildman–Crippen MR) is 67.0 cm³/mol. The van der Waals surface area contributed by atoms with Crippen LogP contribution in [-0.2, 0) is 0 Å². The van der Waals surface area contributed by atoms with E-state index >= 15 is 0 Å². The molecule has 0 amide bonds. The molecular formula is C13H28N2. The number of nitrogens with two attached hydrogens (primary N) is 1. The van der Waals surface area contributed by atoms with E-state index in [4.69, 9.17) is 5.73 Å². The van der Waals surface area contributed by atoms with Gasteiger partial charge in [0.2, 0.25) is 0 Å². The minimum Gasteiger partial charge on any atom is -0.328 e. The monoisotopic (exact) mass is 212 g/mol. The molecule has 1 rings (SSSR count). The highest BCUT2D eigenvalue weighted by molar-refractivity contribution is 4.79. The number of nitrogens with zero attached hydrogens (tertiary/aromatic N) is 1. The van der Waals surface area contributed by atoms with Crippen LogP contribution in [0.2, 0.25) is 0 Å². The van der Waals surface area contributed by atoms with Gasteiger partial charge in [0.25, 0.3) is 0 Å². The largest absolute Gasteiger partial charge is 0.328 e. The molecule has 1 fully saturated rings. The molecule has 0 aromatic rings. The van der Waals surface area contributed by atoms with Crippen molar-refractivity contribution >= 4 is 0 Å². The standard InChI is InChI=1S/C13H28N2/c1-3-6-12(14)9-11-15-10-5-8-13(15)7-4-2/h12-13H,3-11,14H2,1-2H3. The van der Waals surface area contributed by atoms with Gasteiger partial charge in [-0.3, -0.25) is 0 Å². The third-order valence-electron chi connectivity index (χ3n) is 3.57. The van der Waals surface area contributed by atoms with Gasteiger partial charge >= 0.3 is 0 Å². The van der Waals surface area contributed by atoms with E-state index in [1.807, 2.05) is 0 Å². The Morgan fingerprint density at radius 3 is 2.73 bits per heavy atom. The molecule has 1 aliphatic rings. The Kier molecular flexibility index (Phi) is 6.26. The number of hydrogen-bond acceptors (Lipinski definition) is 2. The summed E-state index contributed by atoms with van der Waals surface area (Å²) in [6.07, 6.45) is 9.11. The van der Waals surface area contributed by atoms with Crippen LogP contribution in [0.3, 0.4) is 0 Å². The highest BCUT2D eigenvalue weighted by Gasteiger charge is 2.23. The van der Waals surface area contributed by atoms with Crippen LogP contribution in [0.4, 0.5) is 0 Å². The van der Waals surface area contributed by atoms with Crippen molar-refractivity contribution in [3.05, 3.63) is 0 Å². The predicted octanol–water partition coefficient (Wildman–Crippen LogP) is 2.77. The molecule has 2 nitrogen and oxygen atoms in total. The summed E-state index contributed by atoms with van der Waals surface area (Å²) in [6, 6.07) is 1.29. The molecular weight excluding hydrogens is 184 g/mol. The third kappa shape index (κ3) is 4.52. The fourth-order valence-corrected chi connectivity index (χ4v) is 2.70. The summed E-state index contributed by atoms with van der Waals surface area (Å²) in [6.45, 7) is 7.05. The van der Waals surface area contributed by atoms with Gasteiger partial charge in [0, 0.05) is 12.1 Å². The van der Waals surface area contributed by atoms with Crippen LogP contribution in [0.1, 0.15) is 58.8 Å². The highest BCUT2D eigenvalue weighted by Crippen LogP contribution is 2.21. The summed E-state index contributed by atoms with van der Waals surface area (Å²) in [7, 11) is 0. The van der Waals surface area contributed by atoms with Gasteiger partial charge in [-0.25, -0.2) is 0 Å². The number of hydrogen-bond donors (Lipinski definition) is 1. The van der Waals surface area contributed by atoms with Crippen LogP contribution >= 0.6 is 0 Å². The van der Waals surface area contributed by atoms with Gasteiger partial charge in [-0.1, -0.05) is 26.7 Å². The second kappa shape index (κ2) is 7.24. The van der Waals surface area contributed by atoms with Gasteiger partial charge in [0.15, 0.2) is 0 Å². The molecule has 0 bridgehead atoms. The van der Waals surface area contributed by atoms with E-state index in [0.717, 1.165) is 6.04 Å². The average molecular weight is 212 g/mol. The first-order chi connectivity index (χ1) is 7.27. The van der Waals surface area contributed by atoms with E-state index in [2.05, 4.69) is 18.7 Å². The van der Waals surface area contributed by atoms with Crippen LogP contribution in [0.15, 0.2) is 0 Å². The van der Waals surface area contributed by atoms with Crippen molar-refractivity contribution in [2.45, 2.75) is 70.9 Å². The van der Waals surface area contributed by atoms with Gasteiger partial charge in [0.1, 0.15) is 0 Å². The summed E-state index contributed by atoms with van der Waals surface area (Å²) in [4.78, 5) is 2.67. The van der Waals surface area contributed by atoms with Gasteiger partial charge in [-0.2, -0.15) is 0 Å². The van der Waals surface area contributed by atoms with E-state index in [1.54, 1.807) is 0 Å². The second-order valence-corrected chi connectivity index (χ2v) is 4.96. The first kappa shape index (κ1) is 13.0. The van der Waals surface area contributed by atoms with Crippen molar-refractivity contribution in [1.82, 2.24) is 4.90 Å². The second-order valence-electron chi connectivity index (χ2n) is 4.96. The quantitative estimate of drug-likeness (QED) is 0.703. The van der Waals surface area contributed by atoms with Gasteiger partial charge < -0.3 is 10.6 Å². The number of likely N-dealkylation sites (tertiary alicyclic amines) is 1. The Morgan fingerprint density at radius 1 is 1.27 bits per heavy atom. The fourth-order valence-electron chi connectivity index (χ4n) is 2.70. The maximum absolute atomic E-state index is 6.06. The molecule has 2 heteroatoms. The van der Waals surface area contributed by atoms with Crippen molar-refractivity contribution in [3.63, 3.8) is 0 Å². The lowest BCUT2D eigenvalue weighted by Gasteiger charge is -2.25. The van der Waals surface area contributed by atoms with Crippen molar-refractivity contribution < 1.29 is 0 Å². The van der Waals surface area contributed by atoms with E-state index in [1.165, 1.54) is 58.0 Å². The zero-order chi connectivity index (χ0) is 11.1. The van der Waals surface area contributed by atoms with Crippen LogP contribution in [0, 0.1) is 0 Å². The lowest BCUT2D eigenvalue weighted by Crippen LogP contribution is -2.34. The molecule has 15 heavy (non-hydrogen) atoms. The summed E-state index contributed by atoms with van der Waals surface area (Å²) >= 11 is 0. The summed E-state index contributed by atoms with van der Waals surface area (Å²) < 4.78 is 0. The van der Waals surface area contributed by atoms with Crippen molar-refractivity contribution in [1.29, 1.82) is 0 Å². The Labute approximate surface area is 95.2 Å². The molecule has 0 radical (unpaired) electrons.